The molecule has 0 spiro atoms. The molecule has 0 aromatic rings. The second kappa shape index (κ2) is 6.89. The van der Waals surface area contributed by atoms with E-state index in [2.05, 4.69) is 19.2 Å². The van der Waals surface area contributed by atoms with Gasteiger partial charge in [-0.15, -0.1) is 0 Å². The molecule has 1 unspecified atom stereocenters. The standard InChI is InChI=1S/C10H22N2O/c1-4-6-9(7-5-2)12-10(13)8(3)11/h8-9H,4-7,11H2,1-3H3,(H,12,13). The Morgan fingerprint density at radius 2 is 1.77 bits per heavy atom. The largest absolute Gasteiger partial charge is 0.352 e. The van der Waals surface area contributed by atoms with E-state index in [-0.39, 0.29) is 5.91 Å². The third-order valence-corrected chi connectivity index (χ3v) is 2.03. The van der Waals surface area contributed by atoms with Crippen molar-refractivity contribution >= 4 is 5.91 Å². The molecule has 1 amide bonds. The van der Waals surface area contributed by atoms with Crippen molar-refractivity contribution in [3.63, 3.8) is 0 Å². The number of carbonyl (C=O) groups excluding carboxylic acids is 1. The maximum atomic E-state index is 11.3. The lowest BCUT2D eigenvalue weighted by molar-refractivity contribution is -0.122. The molecule has 3 N–H and O–H groups in total. The maximum Gasteiger partial charge on any atom is 0.236 e. The summed E-state index contributed by atoms with van der Waals surface area (Å²) in [5.74, 6) is -0.0353. The molecule has 0 aromatic heterocycles. The normalized spacial score (nSPS) is 13.0. The van der Waals surface area contributed by atoms with Gasteiger partial charge in [-0.2, -0.15) is 0 Å². The Morgan fingerprint density at radius 1 is 1.31 bits per heavy atom. The minimum absolute atomic E-state index is 0.0353. The topological polar surface area (TPSA) is 55.1 Å². The van der Waals surface area contributed by atoms with Crippen molar-refractivity contribution in [2.24, 2.45) is 5.73 Å². The Morgan fingerprint density at radius 3 is 2.08 bits per heavy atom. The van der Waals surface area contributed by atoms with Crippen molar-refractivity contribution in [1.29, 1.82) is 0 Å². The third kappa shape index (κ3) is 5.64. The molecule has 0 bridgehead atoms. The second-order valence-corrected chi connectivity index (χ2v) is 3.57. The molecule has 0 aliphatic carbocycles. The van der Waals surface area contributed by atoms with Crippen molar-refractivity contribution in [3.05, 3.63) is 0 Å². The van der Waals surface area contributed by atoms with E-state index in [1.165, 1.54) is 0 Å². The number of nitrogens with two attached hydrogens (primary N) is 1. The molecule has 78 valence electrons. The first kappa shape index (κ1) is 12.4. The predicted octanol–water partition coefficient (Wildman–Crippen LogP) is 1.42. The van der Waals surface area contributed by atoms with Crippen LogP contribution >= 0.6 is 0 Å². The molecule has 0 aromatic carbocycles. The zero-order valence-electron chi connectivity index (χ0n) is 8.97. The van der Waals surface area contributed by atoms with Crippen LogP contribution in [0.4, 0.5) is 0 Å². The van der Waals surface area contributed by atoms with Gasteiger partial charge in [0.25, 0.3) is 0 Å². The van der Waals surface area contributed by atoms with E-state index in [1.807, 2.05) is 0 Å². The molecule has 0 heterocycles. The summed E-state index contributed by atoms with van der Waals surface area (Å²) in [6, 6.07) is -0.0790. The molecule has 3 heteroatoms. The highest BCUT2D eigenvalue weighted by atomic mass is 16.2. The molecule has 3 nitrogen and oxygen atoms in total. The summed E-state index contributed by atoms with van der Waals surface area (Å²) in [6.07, 6.45) is 4.30. The van der Waals surface area contributed by atoms with Crippen LogP contribution in [0, 0.1) is 0 Å². The number of rotatable bonds is 6. The fraction of sp³-hybridized carbons (Fsp3) is 0.900. The van der Waals surface area contributed by atoms with Crippen LogP contribution in [0.25, 0.3) is 0 Å². The van der Waals surface area contributed by atoms with Gasteiger partial charge in [-0.3, -0.25) is 4.79 Å². The average Bonchev–Trinajstić information content (AvgIpc) is 2.05. The van der Waals surface area contributed by atoms with Gasteiger partial charge in [0, 0.05) is 6.04 Å². The molecule has 0 radical (unpaired) electrons. The van der Waals surface area contributed by atoms with Gasteiger partial charge in [0.15, 0.2) is 0 Å². The molecule has 0 aliphatic heterocycles. The molecule has 0 aliphatic rings. The molecule has 0 saturated carbocycles. The molecule has 0 rings (SSSR count). The van der Waals surface area contributed by atoms with Crippen LogP contribution in [0.1, 0.15) is 46.5 Å². The van der Waals surface area contributed by atoms with Crippen LogP contribution in [-0.2, 0) is 4.79 Å². The first-order valence-corrected chi connectivity index (χ1v) is 5.17. The zero-order chi connectivity index (χ0) is 10.3. The molecule has 0 fully saturated rings. The Bertz CT molecular complexity index is 140. The number of amides is 1. The number of hydrogen-bond acceptors (Lipinski definition) is 2. The van der Waals surface area contributed by atoms with Crippen molar-refractivity contribution < 1.29 is 4.79 Å². The molecule has 1 atom stereocenters. The lowest BCUT2D eigenvalue weighted by atomic mass is 10.1. The number of nitrogens with one attached hydrogen (secondary N) is 1. The minimum atomic E-state index is -0.392. The van der Waals surface area contributed by atoms with Gasteiger partial charge in [0.05, 0.1) is 6.04 Å². The van der Waals surface area contributed by atoms with E-state index in [4.69, 9.17) is 5.73 Å². The van der Waals surface area contributed by atoms with Crippen molar-refractivity contribution in [2.45, 2.75) is 58.5 Å². The lowest BCUT2D eigenvalue weighted by Gasteiger charge is -2.18. The van der Waals surface area contributed by atoms with E-state index in [0.29, 0.717) is 6.04 Å². The smallest absolute Gasteiger partial charge is 0.236 e. The van der Waals surface area contributed by atoms with Crippen LogP contribution in [-0.4, -0.2) is 18.0 Å². The first-order chi connectivity index (χ1) is 6.11. The van der Waals surface area contributed by atoms with Crippen LogP contribution in [0.2, 0.25) is 0 Å². The summed E-state index contributed by atoms with van der Waals surface area (Å²) < 4.78 is 0. The predicted molar refractivity (Wildman–Crippen MR) is 55.4 cm³/mol. The Balaban J connectivity index is 3.86. The monoisotopic (exact) mass is 186 g/mol. The van der Waals surface area contributed by atoms with Crippen LogP contribution < -0.4 is 11.1 Å². The van der Waals surface area contributed by atoms with Crippen LogP contribution in [0.15, 0.2) is 0 Å². The number of hydrogen-bond donors (Lipinski definition) is 2. The summed E-state index contributed by atoms with van der Waals surface area (Å²) in [4.78, 5) is 11.3. The summed E-state index contributed by atoms with van der Waals surface area (Å²) in [5, 5.41) is 2.95. The maximum absolute atomic E-state index is 11.3. The lowest BCUT2D eigenvalue weighted by Crippen LogP contribution is -2.43. The van der Waals surface area contributed by atoms with Gasteiger partial charge in [-0.1, -0.05) is 26.7 Å². The average molecular weight is 186 g/mol. The summed E-state index contributed by atoms with van der Waals surface area (Å²) in [5.41, 5.74) is 5.46. The molecular formula is C10H22N2O. The fourth-order valence-corrected chi connectivity index (χ4v) is 1.32. The van der Waals surface area contributed by atoms with Gasteiger partial charge < -0.3 is 11.1 Å². The Hall–Kier alpha value is -0.570. The van der Waals surface area contributed by atoms with Crippen LogP contribution in [0.5, 0.6) is 0 Å². The summed E-state index contributed by atoms with van der Waals surface area (Å²) in [7, 11) is 0. The SMILES string of the molecule is CCCC(CCC)NC(=O)C(C)N. The van der Waals surface area contributed by atoms with Gasteiger partial charge in [0.2, 0.25) is 5.91 Å². The fourth-order valence-electron chi connectivity index (χ4n) is 1.32. The first-order valence-electron chi connectivity index (χ1n) is 5.17. The minimum Gasteiger partial charge on any atom is -0.352 e. The highest BCUT2D eigenvalue weighted by molar-refractivity contribution is 5.81. The van der Waals surface area contributed by atoms with Crippen molar-refractivity contribution in [2.75, 3.05) is 0 Å². The molecular weight excluding hydrogens is 164 g/mol. The van der Waals surface area contributed by atoms with E-state index in [0.717, 1.165) is 25.7 Å². The second-order valence-electron chi connectivity index (χ2n) is 3.57. The van der Waals surface area contributed by atoms with Gasteiger partial charge >= 0.3 is 0 Å². The highest BCUT2D eigenvalue weighted by Gasteiger charge is 2.12. The van der Waals surface area contributed by atoms with Gasteiger partial charge in [0.1, 0.15) is 0 Å². The van der Waals surface area contributed by atoms with Gasteiger partial charge in [-0.05, 0) is 19.8 Å². The molecule has 13 heavy (non-hydrogen) atoms. The Labute approximate surface area is 81.1 Å². The quantitative estimate of drug-likeness (QED) is 0.659. The van der Waals surface area contributed by atoms with E-state index in [1.54, 1.807) is 6.92 Å². The van der Waals surface area contributed by atoms with Crippen molar-refractivity contribution in [1.82, 2.24) is 5.32 Å². The Kier molecular flexibility index (Phi) is 6.59. The third-order valence-electron chi connectivity index (χ3n) is 2.03. The summed E-state index contributed by atoms with van der Waals surface area (Å²) >= 11 is 0. The number of carbonyl (C=O) groups is 1. The van der Waals surface area contributed by atoms with Gasteiger partial charge in [-0.25, -0.2) is 0 Å². The molecule has 0 saturated heterocycles. The van der Waals surface area contributed by atoms with E-state index in [9.17, 15) is 4.79 Å². The van der Waals surface area contributed by atoms with Crippen LogP contribution in [0.3, 0.4) is 0 Å². The zero-order valence-corrected chi connectivity index (χ0v) is 8.97. The van der Waals surface area contributed by atoms with E-state index >= 15 is 0 Å². The summed E-state index contributed by atoms with van der Waals surface area (Å²) in [6.45, 7) is 5.96. The van der Waals surface area contributed by atoms with Crippen molar-refractivity contribution in [3.8, 4) is 0 Å². The van der Waals surface area contributed by atoms with E-state index < -0.39 is 6.04 Å². The highest BCUT2D eigenvalue weighted by Crippen LogP contribution is 2.04.